The van der Waals surface area contributed by atoms with Crippen LogP contribution in [0.25, 0.3) is 0 Å². The number of anilines is 2. The highest BCUT2D eigenvalue weighted by Gasteiger charge is 2.29. The van der Waals surface area contributed by atoms with Gasteiger partial charge in [0, 0.05) is 57.6 Å². The lowest BCUT2D eigenvalue weighted by molar-refractivity contribution is -0.383. The fraction of sp³-hybridized carbons (Fsp3) is 0.478. The van der Waals surface area contributed by atoms with Crippen molar-refractivity contribution in [2.45, 2.75) is 11.3 Å². The fourth-order valence-corrected chi connectivity index (χ4v) is 5.74. The Labute approximate surface area is 200 Å². The molecule has 0 atom stereocenters. The lowest BCUT2D eigenvalue weighted by Crippen LogP contribution is -2.48. The molecular formula is C23H31N5O5S. The number of piperazine rings is 1. The number of sulfonamides is 1. The number of benzene rings is 2. The summed E-state index contributed by atoms with van der Waals surface area (Å²) in [5.74, 6) is 0. The molecule has 0 unspecified atom stereocenters. The second-order valence-electron chi connectivity index (χ2n) is 8.40. The second kappa shape index (κ2) is 11.1. The van der Waals surface area contributed by atoms with Crippen molar-refractivity contribution in [1.29, 1.82) is 0 Å². The molecule has 184 valence electrons. The lowest BCUT2D eigenvalue weighted by atomic mass is 10.2. The Morgan fingerprint density at radius 2 is 1.68 bits per heavy atom. The lowest BCUT2D eigenvalue weighted by Gasteiger charge is -2.35. The molecule has 0 amide bonds. The molecule has 34 heavy (non-hydrogen) atoms. The van der Waals surface area contributed by atoms with Gasteiger partial charge in [0.15, 0.2) is 0 Å². The third-order valence-corrected chi connectivity index (χ3v) is 8.14. The number of morpholine rings is 1. The molecule has 0 aromatic heterocycles. The van der Waals surface area contributed by atoms with Gasteiger partial charge in [-0.25, -0.2) is 8.42 Å². The van der Waals surface area contributed by atoms with E-state index in [9.17, 15) is 18.5 Å². The van der Waals surface area contributed by atoms with Crippen molar-refractivity contribution in [1.82, 2.24) is 9.21 Å². The summed E-state index contributed by atoms with van der Waals surface area (Å²) in [6.07, 6.45) is 0.872. The summed E-state index contributed by atoms with van der Waals surface area (Å²) in [7, 11) is -3.52. The van der Waals surface area contributed by atoms with Gasteiger partial charge in [-0.05, 0) is 37.2 Å². The highest BCUT2D eigenvalue weighted by Crippen LogP contribution is 2.30. The number of hydrogen-bond donors (Lipinski definition) is 1. The summed E-state index contributed by atoms with van der Waals surface area (Å²) in [5.41, 5.74) is 1.38. The summed E-state index contributed by atoms with van der Waals surface area (Å²) in [4.78, 5) is 15.9. The van der Waals surface area contributed by atoms with Crippen LogP contribution in [0.15, 0.2) is 53.4 Å². The van der Waals surface area contributed by atoms with E-state index in [2.05, 4.69) is 15.1 Å². The van der Waals surface area contributed by atoms with E-state index in [1.807, 2.05) is 0 Å². The molecule has 2 fully saturated rings. The highest BCUT2D eigenvalue weighted by atomic mass is 32.2. The first kappa shape index (κ1) is 24.4. The molecule has 0 spiro atoms. The number of nitro groups is 1. The fourth-order valence-electron chi connectivity index (χ4n) is 4.30. The average Bonchev–Trinajstić information content (AvgIpc) is 2.87. The minimum Gasteiger partial charge on any atom is -0.379 e. The van der Waals surface area contributed by atoms with Gasteiger partial charge in [-0.3, -0.25) is 15.0 Å². The van der Waals surface area contributed by atoms with Crippen LogP contribution in [0.2, 0.25) is 0 Å². The van der Waals surface area contributed by atoms with Crippen LogP contribution >= 0.6 is 0 Å². The van der Waals surface area contributed by atoms with Crippen LogP contribution in [0, 0.1) is 10.1 Å². The van der Waals surface area contributed by atoms with E-state index in [1.54, 1.807) is 42.5 Å². The van der Waals surface area contributed by atoms with Gasteiger partial charge in [-0.2, -0.15) is 4.31 Å². The SMILES string of the molecule is O=[N+]([O-])c1ccc(N2CCN(S(=O)(=O)c3ccccc3)CC2)cc1NCCCN1CCOCC1. The second-order valence-corrected chi connectivity index (χ2v) is 10.3. The summed E-state index contributed by atoms with van der Waals surface area (Å²) < 4.78 is 32.6. The smallest absolute Gasteiger partial charge is 0.292 e. The number of ether oxygens (including phenoxy) is 1. The Hall–Kier alpha value is -2.73. The third-order valence-electron chi connectivity index (χ3n) is 6.23. The van der Waals surface area contributed by atoms with E-state index < -0.39 is 10.0 Å². The first-order valence-corrected chi connectivity index (χ1v) is 13.0. The van der Waals surface area contributed by atoms with Gasteiger partial charge >= 0.3 is 0 Å². The first-order valence-electron chi connectivity index (χ1n) is 11.6. The molecule has 2 aromatic carbocycles. The first-order chi connectivity index (χ1) is 16.4. The van der Waals surface area contributed by atoms with Crippen molar-refractivity contribution in [2.24, 2.45) is 0 Å². The molecular weight excluding hydrogens is 458 g/mol. The Bertz CT molecular complexity index is 1070. The van der Waals surface area contributed by atoms with Crippen molar-refractivity contribution in [2.75, 3.05) is 75.8 Å². The minimum absolute atomic E-state index is 0.0420. The Kier molecular flexibility index (Phi) is 7.99. The summed E-state index contributed by atoms with van der Waals surface area (Å²) in [6.45, 7) is 6.63. The molecule has 4 rings (SSSR count). The maximum atomic E-state index is 12.9. The number of hydrogen-bond acceptors (Lipinski definition) is 8. The largest absolute Gasteiger partial charge is 0.379 e. The molecule has 0 bridgehead atoms. The van der Waals surface area contributed by atoms with Crippen LogP contribution in [0.5, 0.6) is 0 Å². The summed E-state index contributed by atoms with van der Waals surface area (Å²) in [5, 5.41) is 14.8. The van der Waals surface area contributed by atoms with Gasteiger partial charge in [-0.15, -0.1) is 0 Å². The van der Waals surface area contributed by atoms with Crippen molar-refractivity contribution in [3.8, 4) is 0 Å². The Morgan fingerprint density at radius 3 is 2.35 bits per heavy atom. The molecule has 2 aliphatic heterocycles. The topological polar surface area (TPSA) is 108 Å². The van der Waals surface area contributed by atoms with Crippen molar-refractivity contribution in [3.05, 3.63) is 58.6 Å². The zero-order valence-corrected chi connectivity index (χ0v) is 20.0. The molecule has 1 N–H and O–H groups in total. The van der Waals surface area contributed by atoms with Gasteiger partial charge < -0.3 is 15.0 Å². The average molecular weight is 490 g/mol. The van der Waals surface area contributed by atoms with Crippen LogP contribution < -0.4 is 10.2 Å². The van der Waals surface area contributed by atoms with Crippen LogP contribution in [-0.2, 0) is 14.8 Å². The minimum atomic E-state index is -3.52. The zero-order valence-electron chi connectivity index (χ0n) is 19.1. The standard InChI is InChI=1S/C23H31N5O5S/c29-28(30)23-8-7-20(19-22(23)24-9-4-10-25-15-17-33-18-16-25)26-11-13-27(14-12-26)34(31,32)21-5-2-1-3-6-21/h1-3,5-8,19,24H,4,9-18H2. The number of rotatable bonds is 9. The highest BCUT2D eigenvalue weighted by molar-refractivity contribution is 7.89. The van der Waals surface area contributed by atoms with Crippen molar-refractivity contribution >= 4 is 27.1 Å². The van der Waals surface area contributed by atoms with Gasteiger partial charge in [0.05, 0.1) is 23.0 Å². The van der Waals surface area contributed by atoms with Gasteiger partial charge in [-0.1, -0.05) is 18.2 Å². The predicted molar refractivity (Wildman–Crippen MR) is 131 cm³/mol. The van der Waals surface area contributed by atoms with E-state index in [-0.39, 0.29) is 10.6 Å². The molecule has 0 radical (unpaired) electrons. The molecule has 11 heteroatoms. The molecule has 2 aromatic rings. The molecule has 10 nitrogen and oxygen atoms in total. The van der Waals surface area contributed by atoms with E-state index in [0.717, 1.165) is 45.0 Å². The number of nitrogens with zero attached hydrogens (tertiary/aromatic N) is 4. The van der Waals surface area contributed by atoms with E-state index in [0.29, 0.717) is 43.3 Å². The normalized spacial score (nSPS) is 18.1. The van der Waals surface area contributed by atoms with Crippen LogP contribution in [0.4, 0.5) is 17.1 Å². The van der Waals surface area contributed by atoms with Gasteiger partial charge in [0.2, 0.25) is 10.0 Å². The van der Waals surface area contributed by atoms with Crippen LogP contribution in [0.1, 0.15) is 6.42 Å². The van der Waals surface area contributed by atoms with Gasteiger partial charge in [0.25, 0.3) is 5.69 Å². The quantitative estimate of drug-likeness (QED) is 0.325. The zero-order chi connectivity index (χ0) is 24.0. The summed E-state index contributed by atoms with van der Waals surface area (Å²) in [6, 6.07) is 13.5. The molecule has 2 heterocycles. The summed E-state index contributed by atoms with van der Waals surface area (Å²) >= 11 is 0. The maximum absolute atomic E-state index is 12.9. The number of nitro benzene ring substituents is 1. The van der Waals surface area contributed by atoms with E-state index in [1.165, 1.54) is 10.4 Å². The molecule has 2 saturated heterocycles. The Morgan fingerprint density at radius 1 is 0.971 bits per heavy atom. The number of nitrogens with one attached hydrogen (secondary N) is 1. The van der Waals surface area contributed by atoms with E-state index >= 15 is 0 Å². The Balaban J connectivity index is 1.37. The molecule has 0 aliphatic carbocycles. The predicted octanol–water partition coefficient (Wildman–Crippen LogP) is 2.24. The van der Waals surface area contributed by atoms with Crippen LogP contribution in [-0.4, -0.2) is 88.1 Å². The van der Waals surface area contributed by atoms with Gasteiger partial charge in [0.1, 0.15) is 5.69 Å². The molecule has 0 saturated carbocycles. The maximum Gasteiger partial charge on any atom is 0.292 e. The van der Waals surface area contributed by atoms with Crippen LogP contribution in [0.3, 0.4) is 0 Å². The monoisotopic (exact) mass is 489 g/mol. The van der Waals surface area contributed by atoms with Crippen molar-refractivity contribution < 1.29 is 18.1 Å². The van der Waals surface area contributed by atoms with Crippen molar-refractivity contribution in [3.63, 3.8) is 0 Å². The third kappa shape index (κ3) is 5.84. The van der Waals surface area contributed by atoms with E-state index in [4.69, 9.17) is 4.74 Å². The molecule has 2 aliphatic rings.